The molecule has 0 unspecified atom stereocenters. The molecule has 0 aliphatic carbocycles. The largest absolute Gasteiger partial charge is 0.379 e. The molecule has 0 bridgehead atoms. The van der Waals surface area contributed by atoms with Gasteiger partial charge in [0.15, 0.2) is 0 Å². The number of morpholine rings is 1. The van der Waals surface area contributed by atoms with Crippen molar-refractivity contribution in [1.82, 2.24) is 14.8 Å². The first-order valence-corrected chi connectivity index (χ1v) is 13.9. The molecule has 0 aromatic heterocycles. The predicted molar refractivity (Wildman–Crippen MR) is 153 cm³/mol. The Morgan fingerprint density at radius 2 is 1.68 bits per heavy atom. The number of amides is 2. The molecule has 2 aliphatic rings. The first-order chi connectivity index (χ1) is 19.4. The summed E-state index contributed by atoms with van der Waals surface area (Å²) in [5.74, 6) is -1.13. The fourth-order valence-electron chi connectivity index (χ4n) is 4.92. The van der Waals surface area contributed by atoms with Crippen molar-refractivity contribution < 1.29 is 18.7 Å². The lowest BCUT2D eigenvalue weighted by molar-refractivity contribution is -0.133. The minimum absolute atomic E-state index is 0.216. The molecule has 10 heteroatoms. The van der Waals surface area contributed by atoms with Crippen LogP contribution < -0.4 is 0 Å². The second-order valence-electron chi connectivity index (χ2n) is 9.70. The number of carbonyl (C=O) groups is 2. The number of nitrogens with zero attached hydrogens (tertiary/aromatic N) is 4. The zero-order valence-corrected chi connectivity index (χ0v) is 23.3. The van der Waals surface area contributed by atoms with Crippen molar-refractivity contribution in [1.29, 1.82) is 0 Å². The van der Waals surface area contributed by atoms with Gasteiger partial charge in [-0.05, 0) is 35.9 Å². The Labute approximate surface area is 242 Å². The van der Waals surface area contributed by atoms with E-state index in [0.717, 1.165) is 18.7 Å². The molecule has 1 atom stereocenters. The summed E-state index contributed by atoms with van der Waals surface area (Å²) in [5, 5.41) is 6.84. The molecule has 2 aliphatic heterocycles. The number of rotatable bonds is 8. The molecule has 2 amide bonds. The van der Waals surface area contributed by atoms with Crippen LogP contribution in [0.3, 0.4) is 0 Å². The molecule has 0 radical (unpaired) electrons. The third kappa shape index (κ3) is 6.53. The zero-order chi connectivity index (χ0) is 28.1. The standard InChI is InChI=1S/C30H29Cl2FN4O3/c31-22-11-9-21(10-12-22)28-19-27(24-6-2-4-8-26(24)33)34-37(28)29(38)20-36(14-13-35-15-17-40-18-16-35)30(39)23-5-1-3-7-25(23)32/h1-12,28H,13-20H2/t28-/m0/s1. The first-order valence-electron chi connectivity index (χ1n) is 13.1. The lowest BCUT2D eigenvalue weighted by atomic mass is 9.98. The van der Waals surface area contributed by atoms with Crippen molar-refractivity contribution in [3.8, 4) is 0 Å². The van der Waals surface area contributed by atoms with Crippen LogP contribution in [0.5, 0.6) is 0 Å². The number of hydrazone groups is 1. The van der Waals surface area contributed by atoms with Crippen LogP contribution in [0, 0.1) is 5.82 Å². The molecular formula is C30H29Cl2FN4O3. The number of hydrogen-bond donors (Lipinski definition) is 0. The van der Waals surface area contributed by atoms with Crippen molar-refractivity contribution >= 4 is 40.7 Å². The summed E-state index contributed by atoms with van der Waals surface area (Å²) in [6, 6.07) is 19.8. The summed E-state index contributed by atoms with van der Waals surface area (Å²) in [4.78, 5) is 31.2. The zero-order valence-electron chi connectivity index (χ0n) is 21.8. The molecule has 0 spiro atoms. The van der Waals surface area contributed by atoms with Crippen molar-refractivity contribution in [2.45, 2.75) is 12.5 Å². The molecule has 2 heterocycles. The van der Waals surface area contributed by atoms with Gasteiger partial charge in [-0.3, -0.25) is 14.5 Å². The maximum absolute atomic E-state index is 14.7. The van der Waals surface area contributed by atoms with E-state index in [-0.39, 0.29) is 18.4 Å². The molecule has 3 aromatic rings. The average molecular weight is 583 g/mol. The number of carbonyl (C=O) groups excluding carboxylic acids is 2. The third-order valence-corrected chi connectivity index (χ3v) is 7.69. The van der Waals surface area contributed by atoms with E-state index in [4.69, 9.17) is 27.9 Å². The molecule has 0 saturated carbocycles. The molecule has 0 N–H and O–H groups in total. The lowest BCUT2D eigenvalue weighted by Gasteiger charge is -2.31. The number of halogens is 3. The summed E-state index contributed by atoms with van der Waals surface area (Å²) >= 11 is 12.5. The molecule has 5 rings (SSSR count). The van der Waals surface area contributed by atoms with Gasteiger partial charge in [0.2, 0.25) is 0 Å². The van der Waals surface area contributed by atoms with Gasteiger partial charge in [0.25, 0.3) is 11.8 Å². The Morgan fingerprint density at radius 3 is 2.40 bits per heavy atom. The van der Waals surface area contributed by atoms with Crippen molar-refractivity contribution in [3.05, 3.63) is 105 Å². The second kappa shape index (κ2) is 12.9. The van der Waals surface area contributed by atoms with Gasteiger partial charge in [-0.25, -0.2) is 9.40 Å². The topological polar surface area (TPSA) is 65.5 Å². The van der Waals surface area contributed by atoms with Gasteiger partial charge in [0.05, 0.1) is 35.6 Å². The van der Waals surface area contributed by atoms with E-state index < -0.39 is 11.9 Å². The van der Waals surface area contributed by atoms with Crippen molar-refractivity contribution in [3.63, 3.8) is 0 Å². The molecule has 40 heavy (non-hydrogen) atoms. The molecule has 3 aromatic carbocycles. The average Bonchev–Trinajstić information content (AvgIpc) is 3.42. The minimum atomic E-state index is -0.476. The van der Waals surface area contributed by atoms with E-state index in [2.05, 4.69) is 10.0 Å². The Kier molecular flexibility index (Phi) is 9.11. The smallest absolute Gasteiger partial charge is 0.262 e. The van der Waals surface area contributed by atoms with E-state index in [0.29, 0.717) is 59.6 Å². The van der Waals surface area contributed by atoms with Gasteiger partial charge in [-0.15, -0.1) is 0 Å². The Hall–Kier alpha value is -3.30. The van der Waals surface area contributed by atoms with Crippen LogP contribution in [0.1, 0.15) is 33.9 Å². The van der Waals surface area contributed by atoms with Crippen LogP contribution >= 0.6 is 23.2 Å². The fourth-order valence-corrected chi connectivity index (χ4v) is 5.27. The van der Waals surface area contributed by atoms with Gasteiger partial charge in [0, 0.05) is 43.2 Å². The van der Waals surface area contributed by atoms with Gasteiger partial charge in [0.1, 0.15) is 12.4 Å². The highest BCUT2D eigenvalue weighted by atomic mass is 35.5. The molecule has 208 valence electrons. The van der Waals surface area contributed by atoms with Crippen LogP contribution in [0.15, 0.2) is 77.9 Å². The van der Waals surface area contributed by atoms with Crippen molar-refractivity contribution in [2.24, 2.45) is 5.10 Å². The number of hydrogen-bond acceptors (Lipinski definition) is 5. The minimum Gasteiger partial charge on any atom is -0.379 e. The van der Waals surface area contributed by atoms with Crippen LogP contribution in [0.2, 0.25) is 10.0 Å². The van der Waals surface area contributed by atoms with E-state index in [1.165, 1.54) is 16.0 Å². The summed E-state index contributed by atoms with van der Waals surface area (Å²) < 4.78 is 20.1. The molecular weight excluding hydrogens is 554 g/mol. The van der Waals surface area contributed by atoms with Crippen LogP contribution in [-0.4, -0.2) is 78.3 Å². The van der Waals surface area contributed by atoms with Crippen LogP contribution in [0.25, 0.3) is 0 Å². The molecule has 1 saturated heterocycles. The summed E-state index contributed by atoms with van der Waals surface area (Å²) in [7, 11) is 0. The van der Waals surface area contributed by atoms with E-state index in [9.17, 15) is 14.0 Å². The molecule has 7 nitrogen and oxygen atoms in total. The van der Waals surface area contributed by atoms with E-state index in [1.807, 2.05) is 12.1 Å². The Morgan fingerprint density at radius 1 is 0.975 bits per heavy atom. The summed E-state index contributed by atoms with van der Waals surface area (Å²) in [6.45, 7) is 3.44. The highest BCUT2D eigenvalue weighted by molar-refractivity contribution is 6.33. The first kappa shape index (κ1) is 28.2. The van der Waals surface area contributed by atoms with Crippen LogP contribution in [-0.2, 0) is 9.53 Å². The highest BCUT2D eigenvalue weighted by Gasteiger charge is 2.35. The lowest BCUT2D eigenvalue weighted by Crippen LogP contribution is -2.46. The number of benzene rings is 3. The predicted octanol–water partition coefficient (Wildman–Crippen LogP) is 5.28. The van der Waals surface area contributed by atoms with E-state index in [1.54, 1.807) is 54.6 Å². The maximum atomic E-state index is 14.7. The third-order valence-electron chi connectivity index (χ3n) is 7.11. The Bertz CT molecular complexity index is 1400. The normalized spacial score (nSPS) is 17.5. The fraction of sp³-hybridized carbons (Fsp3) is 0.300. The summed E-state index contributed by atoms with van der Waals surface area (Å²) in [6.07, 6.45) is 0.320. The second-order valence-corrected chi connectivity index (χ2v) is 10.5. The maximum Gasteiger partial charge on any atom is 0.262 e. The Balaban J connectivity index is 1.43. The molecule has 1 fully saturated rings. The van der Waals surface area contributed by atoms with E-state index >= 15 is 0 Å². The van der Waals surface area contributed by atoms with Gasteiger partial charge in [-0.2, -0.15) is 5.10 Å². The SMILES string of the molecule is O=C(c1ccccc1Cl)N(CCN1CCOCC1)CC(=O)N1N=C(c2ccccc2F)C[C@H]1c1ccc(Cl)cc1. The highest BCUT2D eigenvalue weighted by Crippen LogP contribution is 2.34. The summed E-state index contributed by atoms with van der Waals surface area (Å²) in [5.41, 5.74) is 1.94. The van der Waals surface area contributed by atoms with Crippen LogP contribution in [0.4, 0.5) is 4.39 Å². The van der Waals surface area contributed by atoms with Gasteiger partial charge < -0.3 is 9.64 Å². The monoisotopic (exact) mass is 582 g/mol. The quantitative estimate of drug-likeness (QED) is 0.362. The number of ether oxygens (including phenoxy) is 1. The van der Waals surface area contributed by atoms with Gasteiger partial charge >= 0.3 is 0 Å². The van der Waals surface area contributed by atoms with Gasteiger partial charge in [-0.1, -0.05) is 65.7 Å². The van der Waals surface area contributed by atoms with Crippen molar-refractivity contribution in [2.75, 3.05) is 45.9 Å².